The van der Waals surface area contributed by atoms with Crippen molar-refractivity contribution < 1.29 is 36.7 Å². The van der Waals surface area contributed by atoms with Gasteiger partial charge < -0.3 is 14.8 Å². The van der Waals surface area contributed by atoms with Crippen molar-refractivity contribution in [1.29, 1.82) is 0 Å². The zero-order valence-corrected chi connectivity index (χ0v) is 22.1. The van der Waals surface area contributed by atoms with E-state index in [0.29, 0.717) is 10.3 Å². The molecule has 1 saturated heterocycles. The second-order valence-electron chi connectivity index (χ2n) is 8.32. The lowest BCUT2D eigenvalue weighted by atomic mass is 10.1. The summed E-state index contributed by atoms with van der Waals surface area (Å²) in [5, 5.41) is 17.7. The Balaban J connectivity index is 1.53. The van der Waals surface area contributed by atoms with Gasteiger partial charge in [0, 0.05) is 13.0 Å². The Hall–Kier alpha value is -3.89. The van der Waals surface area contributed by atoms with Crippen LogP contribution in [0.3, 0.4) is 0 Å². The third-order valence-electron chi connectivity index (χ3n) is 5.65. The maximum Gasteiger partial charge on any atom is 0.404 e. The number of nitrogens with one attached hydrogen (secondary N) is 2. The molecule has 4 aromatic rings. The summed E-state index contributed by atoms with van der Waals surface area (Å²) in [5.41, 5.74) is 1.28. The number of carboxylic acid groups (broad SMARTS) is 1. The number of benzene rings is 2. The molecule has 2 aromatic carbocycles. The first-order valence-electron chi connectivity index (χ1n) is 11.3. The van der Waals surface area contributed by atoms with Crippen LogP contribution in [0.2, 0.25) is 0 Å². The minimum Gasteiger partial charge on any atom is -0.465 e. The number of thiazole rings is 1. The zero-order chi connectivity index (χ0) is 27.7. The molecule has 2 atom stereocenters. The summed E-state index contributed by atoms with van der Waals surface area (Å²) >= 11 is 1.67. The van der Waals surface area contributed by atoms with Gasteiger partial charge in [-0.25, -0.2) is 22.6 Å². The number of hydrogen-bond donors (Lipinski definition) is 3. The fourth-order valence-corrected chi connectivity index (χ4v) is 7.66. The van der Waals surface area contributed by atoms with Crippen LogP contribution in [-0.2, 0) is 21.1 Å². The quantitative estimate of drug-likeness (QED) is 0.260. The van der Waals surface area contributed by atoms with Crippen LogP contribution in [0.5, 0.6) is 0 Å². The molecule has 5 rings (SSSR count). The van der Waals surface area contributed by atoms with Crippen molar-refractivity contribution in [2.75, 3.05) is 12.3 Å². The van der Waals surface area contributed by atoms with Crippen LogP contribution < -0.4 is 10.6 Å². The van der Waals surface area contributed by atoms with Crippen molar-refractivity contribution in [2.24, 2.45) is 0 Å². The van der Waals surface area contributed by atoms with Gasteiger partial charge in [-0.05, 0) is 23.3 Å². The number of sulfone groups is 1. The minimum atomic E-state index is -4.22. The van der Waals surface area contributed by atoms with Crippen molar-refractivity contribution in [2.45, 2.75) is 16.9 Å². The number of thioether (sulfide) groups is 1. The highest BCUT2D eigenvalue weighted by molar-refractivity contribution is 8.15. The Labute approximate surface area is 227 Å². The SMILES string of the molecule is O=C(O)NCCS(=O)(=O)C(c1nnc(CC2SC(=O)NC2=O)o1)c1nc2c(F)cc(-c3ccccc3)cc2s1. The molecule has 2 unspecified atom stereocenters. The van der Waals surface area contributed by atoms with E-state index in [1.165, 1.54) is 6.07 Å². The van der Waals surface area contributed by atoms with Gasteiger partial charge in [0.15, 0.2) is 20.9 Å². The highest BCUT2D eigenvalue weighted by Gasteiger charge is 2.38. The molecular formula is C23H18FN5O7S3. The molecule has 1 aliphatic heterocycles. The summed E-state index contributed by atoms with van der Waals surface area (Å²) in [4.78, 5) is 38.5. The molecule has 3 heterocycles. The monoisotopic (exact) mass is 591 g/mol. The van der Waals surface area contributed by atoms with Gasteiger partial charge in [-0.3, -0.25) is 14.9 Å². The van der Waals surface area contributed by atoms with Crippen molar-refractivity contribution >= 4 is 60.4 Å². The predicted molar refractivity (Wildman–Crippen MR) is 140 cm³/mol. The molecule has 0 bridgehead atoms. The Morgan fingerprint density at radius 2 is 1.95 bits per heavy atom. The summed E-state index contributed by atoms with van der Waals surface area (Å²) < 4.78 is 47.9. The third-order valence-corrected chi connectivity index (χ3v) is 9.77. The number of halogens is 1. The second kappa shape index (κ2) is 10.7. The van der Waals surface area contributed by atoms with E-state index in [0.717, 1.165) is 28.7 Å². The number of aromatic nitrogens is 3. The Morgan fingerprint density at radius 1 is 1.18 bits per heavy atom. The third kappa shape index (κ3) is 5.76. The first-order valence-corrected chi connectivity index (χ1v) is 14.7. The van der Waals surface area contributed by atoms with Gasteiger partial charge in [-0.2, -0.15) is 0 Å². The van der Waals surface area contributed by atoms with E-state index in [4.69, 9.17) is 9.52 Å². The van der Waals surface area contributed by atoms with Crippen LogP contribution in [-0.4, -0.2) is 63.5 Å². The molecule has 3 amide bonds. The lowest BCUT2D eigenvalue weighted by molar-refractivity contribution is -0.119. The maximum atomic E-state index is 15.1. The van der Waals surface area contributed by atoms with Gasteiger partial charge in [0.05, 0.1) is 10.5 Å². The van der Waals surface area contributed by atoms with Gasteiger partial charge in [-0.15, -0.1) is 21.5 Å². The van der Waals surface area contributed by atoms with Gasteiger partial charge in [0.1, 0.15) is 15.8 Å². The lowest BCUT2D eigenvalue weighted by Gasteiger charge is -2.12. The zero-order valence-electron chi connectivity index (χ0n) is 19.7. The van der Waals surface area contributed by atoms with Gasteiger partial charge >= 0.3 is 6.09 Å². The summed E-state index contributed by atoms with van der Waals surface area (Å²) in [6.07, 6.45) is -1.53. The molecule has 202 valence electrons. The molecule has 0 radical (unpaired) electrons. The largest absolute Gasteiger partial charge is 0.465 e. The van der Waals surface area contributed by atoms with Gasteiger partial charge in [0.25, 0.3) is 5.24 Å². The first-order chi connectivity index (χ1) is 18.6. The Kier molecular flexibility index (Phi) is 7.33. The molecule has 39 heavy (non-hydrogen) atoms. The fourth-order valence-electron chi connectivity index (χ4n) is 3.89. The van der Waals surface area contributed by atoms with E-state index in [-0.39, 0.29) is 28.7 Å². The molecule has 0 saturated carbocycles. The minimum absolute atomic E-state index is 0.0455. The highest BCUT2D eigenvalue weighted by Crippen LogP contribution is 2.38. The van der Waals surface area contributed by atoms with E-state index in [1.54, 1.807) is 18.2 Å². The molecule has 1 fully saturated rings. The lowest BCUT2D eigenvalue weighted by Crippen LogP contribution is -2.30. The number of carbonyl (C=O) groups is 3. The van der Waals surface area contributed by atoms with E-state index in [9.17, 15) is 22.8 Å². The van der Waals surface area contributed by atoms with Crippen LogP contribution in [0.15, 0.2) is 46.9 Å². The molecule has 3 N–H and O–H groups in total. The van der Waals surface area contributed by atoms with E-state index < -0.39 is 55.7 Å². The van der Waals surface area contributed by atoms with Crippen LogP contribution in [0.25, 0.3) is 21.3 Å². The highest BCUT2D eigenvalue weighted by atomic mass is 32.2. The molecule has 1 aliphatic rings. The van der Waals surface area contributed by atoms with Crippen LogP contribution in [0.4, 0.5) is 14.0 Å². The molecule has 16 heteroatoms. The number of carbonyl (C=O) groups excluding carboxylic acids is 2. The summed E-state index contributed by atoms with van der Waals surface area (Å²) in [6.45, 7) is -0.423. The predicted octanol–water partition coefficient (Wildman–Crippen LogP) is 3.15. The number of fused-ring (bicyclic) bond motifs is 1. The molecule has 12 nitrogen and oxygen atoms in total. The smallest absolute Gasteiger partial charge is 0.404 e. The molecule has 0 spiro atoms. The summed E-state index contributed by atoms with van der Waals surface area (Å²) in [5.74, 6) is -2.29. The van der Waals surface area contributed by atoms with Gasteiger partial charge in [0.2, 0.25) is 17.7 Å². The van der Waals surface area contributed by atoms with Crippen LogP contribution in [0.1, 0.15) is 22.0 Å². The molecular weight excluding hydrogens is 573 g/mol. The fraction of sp³-hybridized carbons (Fsp3) is 0.217. The normalized spacial score (nSPS) is 16.4. The van der Waals surface area contributed by atoms with E-state index in [1.807, 2.05) is 23.5 Å². The molecule has 2 aromatic heterocycles. The number of hydrogen-bond acceptors (Lipinski definition) is 11. The number of amides is 3. The van der Waals surface area contributed by atoms with Gasteiger partial charge in [-0.1, -0.05) is 42.1 Å². The summed E-state index contributed by atoms with van der Waals surface area (Å²) in [7, 11) is -4.22. The van der Waals surface area contributed by atoms with E-state index in [2.05, 4.69) is 20.5 Å². The summed E-state index contributed by atoms with van der Waals surface area (Å²) in [6, 6.07) is 12.0. The topological polar surface area (TPSA) is 181 Å². The standard InChI is InChI=1S/C23H18FN5O7S3/c24-13-8-12(11-4-2-1-3-5-11)9-14-17(13)26-21(37-14)18(39(34,35)7-6-25-22(31)32)20-29-28-16(36-20)10-15-19(30)27-23(33)38-15/h1-5,8-9,15,18,25H,6-7,10H2,(H,31,32)(H,27,30,33). The maximum absolute atomic E-state index is 15.1. The Bertz CT molecular complexity index is 1690. The average Bonchev–Trinajstić information content (AvgIpc) is 3.58. The number of rotatable bonds is 9. The molecule has 0 aliphatic carbocycles. The van der Waals surface area contributed by atoms with Crippen molar-refractivity contribution in [3.05, 3.63) is 65.1 Å². The van der Waals surface area contributed by atoms with Crippen molar-refractivity contribution in [3.63, 3.8) is 0 Å². The Morgan fingerprint density at radius 3 is 2.64 bits per heavy atom. The van der Waals surface area contributed by atoms with Crippen molar-refractivity contribution in [3.8, 4) is 11.1 Å². The first kappa shape index (κ1) is 26.7. The van der Waals surface area contributed by atoms with Crippen LogP contribution in [0, 0.1) is 5.82 Å². The number of imide groups is 1. The second-order valence-corrected chi connectivity index (χ2v) is 12.8. The van der Waals surface area contributed by atoms with Crippen molar-refractivity contribution in [1.82, 2.24) is 25.8 Å². The van der Waals surface area contributed by atoms with E-state index >= 15 is 4.39 Å². The van der Waals surface area contributed by atoms with Crippen LogP contribution >= 0.6 is 23.1 Å². The average molecular weight is 592 g/mol. The number of nitrogens with zero attached hydrogens (tertiary/aromatic N) is 3.